The highest BCUT2D eigenvalue weighted by atomic mass is 35.5. The molecule has 7 heteroatoms. The molecule has 0 saturated heterocycles. The van der Waals surface area contributed by atoms with Crippen LogP contribution in [0.1, 0.15) is 0 Å². The molecule has 0 atom stereocenters. The van der Waals surface area contributed by atoms with E-state index in [0.29, 0.717) is 0 Å². The van der Waals surface area contributed by atoms with Crippen LogP contribution in [-0.4, -0.2) is 9.97 Å². The Morgan fingerprint density at radius 2 is 1.24 bits per heavy atom. The smallest absolute Gasteiger partial charge is 0.158 e. The van der Waals surface area contributed by atoms with Gasteiger partial charge in [0.2, 0.25) is 0 Å². The molecule has 0 bridgehead atoms. The topological polar surface area (TPSA) is 25.8 Å². The number of aromatic nitrogens is 2. The van der Waals surface area contributed by atoms with Gasteiger partial charge in [-0.05, 0) is 48.2 Å². The third kappa shape index (κ3) is 2.76. The maximum atomic E-state index is 6.01. The van der Waals surface area contributed by atoms with Crippen molar-refractivity contribution >= 4 is 78.1 Å². The van der Waals surface area contributed by atoms with E-state index >= 15 is 0 Å². The van der Waals surface area contributed by atoms with Crippen molar-refractivity contribution in [3.8, 4) is 0 Å². The van der Waals surface area contributed by atoms with Gasteiger partial charge >= 0.3 is 0 Å². The molecule has 2 aromatic heterocycles. The van der Waals surface area contributed by atoms with Crippen LogP contribution in [0.4, 0.5) is 0 Å². The molecule has 0 aliphatic heterocycles. The Hall–Kier alpha value is -0.850. The third-order valence-corrected chi connectivity index (χ3v) is 6.46. The van der Waals surface area contributed by atoms with Gasteiger partial charge in [0.25, 0.3) is 0 Å². The summed E-state index contributed by atoms with van der Waals surface area (Å²) >= 11 is 16.8. The van der Waals surface area contributed by atoms with Gasteiger partial charge in [-0.3, -0.25) is 0 Å². The molecule has 4 aromatic rings. The van der Waals surface area contributed by atoms with Crippen LogP contribution < -0.4 is 0 Å². The molecule has 104 valence electrons. The summed E-state index contributed by atoms with van der Waals surface area (Å²) in [6.07, 6.45) is 0. The molecule has 0 radical (unpaired) electrons. The van der Waals surface area contributed by atoms with Crippen molar-refractivity contribution in [2.24, 2.45) is 0 Å². The van der Waals surface area contributed by atoms with E-state index in [4.69, 9.17) is 23.2 Å². The first kappa shape index (κ1) is 13.8. The standard InChI is InChI=1S/C14H6Cl2N2S3/c15-7-1-3-9-11(5-7)19-13(17-9)21-14-18-10-4-2-8(16)6-12(10)20-14/h1-6H. The number of halogens is 2. The van der Waals surface area contributed by atoms with E-state index in [1.807, 2.05) is 36.4 Å². The van der Waals surface area contributed by atoms with Crippen molar-refractivity contribution < 1.29 is 0 Å². The van der Waals surface area contributed by atoms with Gasteiger partial charge < -0.3 is 0 Å². The lowest BCUT2D eigenvalue weighted by Gasteiger charge is -1.87. The summed E-state index contributed by atoms with van der Waals surface area (Å²) in [7, 11) is 0. The molecule has 0 aliphatic rings. The summed E-state index contributed by atoms with van der Waals surface area (Å²) in [4.78, 5) is 9.20. The van der Waals surface area contributed by atoms with Crippen LogP contribution >= 0.6 is 57.6 Å². The Morgan fingerprint density at radius 3 is 1.71 bits per heavy atom. The monoisotopic (exact) mass is 368 g/mol. The third-order valence-electron chi connectivity index (χ3n) is 2.84. The van der Waals surface area contributed by atoms with Gasteiger partial charge in [0.15, 0.2) is 8.68 Å². The van der Waals surface area contributed by atoms with Crippen molar-refractivity contribution in [2.45, 2.75) is 8.68 Å². The Balaban J connectivity index is 1.71. The molecule has 0 N–H and O–H groups in total. The van der Waals surface area contributed by atoms with Crippen molar-refractivity contribution in [2.75, 3.05) is 0 Å². The summed E-state index contributed by atoms with van der Waals surface area (Å²) < 4.78 is 4.12. The van der Waals surface area contributed by atoms with E-state index < -0.39 is 0 Å². The molecule has 21 heavy (non-hydrogen) atoms. The van der Waals surface area contributed by atoms with Crippen molar-refractivity contribution in [1.82, 2.24) is 9.97 Å². The molecule has 4 rings (SSSR count). The van der Waals surface area contributed by atoms with Gasteiger partial charge in [0.05, 0.1) is 20.4 Å². The van der Waals surface area contributed by atoms with Crippen LogP contribution in [0.2, 0.25) is 10.0 Å². The number of thiazole rings is 2. The maximum absolute atomic E-state index is 6.01. The van der Waals surface area contributed by atoms with Crippen LogP contribution in [0.3, 0.4) is 0 Å². The Kier molecular flexibility index (Phi) is 3.55. The predicted octanol–water partition coefficient (Wildman–Crippen LogP) is 6.36. The van der Waals surface area contributed by atoms with E-state index in [1.54, 1.807) is 34.4 Å². The first-order valence-electron chi connectivity index (χ1n) is 5.97. The molecule has 0 fully saturated rings. The fourth-order valence-corrected chi connectivity index (χ4v) is 5.80. The fraction of sp³-hybridized carbons (Fsp3) is 0. The average molecular weight is 369 g/mol. The normalized spacial score (nSPS) is 11.5. The summed E-state index contributed by atoms with van der Waals surface area (Å²) in [5.74, 6) is 0. The highest BCUT2D eigenvalue weighted by Gasteiger charge is 2.10. The van der Waals surface area contributed by atoms with Gasteiger partial charge in [-0.1, -0.05) is 23.2 Å². The van der Waals surface area contributed by atoms with E-state index in [9.17, 15) is 0 Å². The summed E-state index contributed by atoms with van der Waals surface area (Å²) in [5, 5.41) is 1.47. The summed E-state index contributed by atoms with van der Waals surface area (Å²) in [5.41, 5.74) is 1.94. The van der Waals surface area contributed by atoms with Crippen molar-refractivity contribution in [3.63, 3.8) is 0 Å². The molecular formula is C14H6Cl2N2S3. The minimum Gasteiger partial charge on any atom is -0.229 e. The van der Waals surface area contributed by atoms with Crippen molar-refractivity contribution in [1.29, 1.82) is 0 Å². The maximum Gasteiger partial charge on any atom is 0.158 e. The number of rotatable bonds is 2. The number of nitrogens with zero attached hydrogens (tertiary/aromatic N) is 2. The zero-order chi connectivity index (χ0) is 14.4. The fourth-order valence-electron chi connectivity index (χ4n) is 1.92. The first-order chi connectivity index (χ1) is 10.2. The van der Waals surface area contributed by atoms with Gasteiger partial charge in [-0.25, -0.2) is 9.97 Å². The Labute approximate surface area is 142 Å². The molecule has 0 spiro atoms. The van der Waals surface area contributed by atoms with Crippen LogP contribution in [0, 0.1) is 0 Å². The molecule has 2 nitrogen and oxygen atoms in total. The van der Waals surface area contributed by atoms with Crippen LogP contribution in [0.15, 0.2) is 45.1 Å². The first-order valence-corrected chi connectivity index (χ1v) is 9.18. The number of hydrogen-bond acceptors (Lipinski definition) is 5. The van der Waals surface area contributed by atoms with Gasteiger partial charge in [-0.2, -0.15) is 0 Å². The SMILES string of the molecule is Clc1ccc2nc(Sc3nc4ccc(Cl)cc4s3)sc2c1. The molecule has 0 amide bonds. The average Bonchev–Trinajstić information content (AvgIpc) is 3.00. The second-order valence-electron chi connectivity index (χ2n) is 4.29. The Morgan fingerprint density at radius 1 is 0.762 bits per heavy atom. The lowest BCUT2D eigenvalue weighted by molar-refractivity contribution is 1.26. The van der Waals surface area contributed by atoms with E-state index in [-0.39, 0.29) is 0 Å². The molecule has 0 saturated carbocycles. The number of hydrogen-bond donors (Lipinski definition) is 0. The summed E-state index contributed by atoms with van der Waals surface area (Å²) in [6, 6.07) is 11.5. The zero-order valence-corrected chi connectivity index (χ0v) is 14.3. The Bertz CT molecular complexity index is 883. The lowest BCUT2D eigenvalue weighted by atomic mass is 10.3. The second kappa shape index (κ2) is 5.41. The van der Waals surface area contributed by atoms with E-state index in [2.05, 4.69) is 9.97 Å². The largest absolute Gasteiger partial charge is 0.229 e. The summed E-state index contributed by atoms with van der Waals surface area (Å²) in [6.45, 7) is 0. The highest BCUT2D eigenvalue weighted by molar-refractivity contribution is 8.02. The van der Waals surface area contributed by atoms with Crippen LogP contribution in [-0.2, 0) is 0 Å². The lowest BCUT2D eigenvalue weighted by Crippen LogP contribution is -1.71. The van der Waals surface area contributed by atoms with Crippen molar-refractivity contribution in [3.05, 3.63) is 46.4 Å². The van der Waals surface area contributed by atoms with Crippen LogP contribution in [0.5, 0.6) is 0 Å². The molecular weight excluding hydrogens is 363 g/mol. The number of fused-ring (bicyclic) bond motifs is 2. The van der Waals surface area contributed by atoms with Gasteiger partial charge in [0.1, 0.15) is 0 Å². The molecule has 0 unspecified atom stereocenters. The predicted molar refractivity (Wildman–Crippen MR) is 93.4 cm³/mol. The van der Waals surface area contributed by atoms with Gasteiger partial charge in [0, 0.05) is 10.0 Å². The quantitative estimate of drug-likeness (QED) is 0.411. The van der Waals surface area contributed by atoms with Gasteiger partial charge in [-0.15, -0.1) is 22.7 Å². The minimum atomic E-state index is 0.734. The van der Waals surface area contributed by atoms with Crippen LogP contribution in [0.25, 0.3) is 20.4 Å². The van der Waals surface area contributed by atoms with E-state index in [0.717, 1.165) is 39.2 Å². The minimum absolute atomic E-state index is 0.734. The molecule has 2 heterocycles. The zero-order valence-electron chi connectivity index (χ0n) is 10.3. The van der Waals surface area contributed by atoms with E-state index in [1.165, 1.54) is 0 Å². The second-order valence-corrected chi connectivity index (χ2v) is 8.71. The number of benzene rings is 2. The molecule has 0 aliphatic carbocycles. The molecule has 2 aromatic carbocycles. The highest BCUT2D eigenvalue weighted by Crippen LogP contribution is 2.39.